The Morgan fingerprint density at radius 2 is 1.95 bits per heavy atom. The summed E-state index contributed by atoms with van der Waals surface area (Å²) in [6, 6.07) is 9.78. The summed E-state index contributed by atoms with van der Waals surface area (Å²) in [6.45, 7) is 0. The van der Waals surface area contributed by atoms with Crippen molar-refractivity contribution < 1.29 is 18.1 Å². The van der Waals surface area contributed by atoms with Gasteiger partial charge in [0.2, 0.25) is 0 Å². The lowest BCUT2D eigenvalue weighted by molar-refractivity contribution is -0.384. The molecule has 0 spiro atoms. The molecule has 2 aromatic rings. The molecule has 7 nitrogen and oxygen atoms in total. The molecule has 0 saturated carbocycles. The van der Waals surface area contributed by atoms with E-state index in [2.05, 4.69) is 20.7 Å². The number of halogens is 1. The molecular weight excluding hydrogens is 376 g/mol. The number of methoxy groups -OCH3 is 1. The van der Waals surface area contributed by atoms with Crippen molar-refractivity contribution in [3.8, 4) is 5.75 Å². The Labute approximate surface area is 135 Å². The molecule has 9 heteroatoms. The number of anilines is 1. The van der Waals surface area contributed by atoms with Crippen LogP contribution in [0.25, 0.3) is 0 Å². The van der Waals surface area contributed by atoms with E-state index in [1.165, 1.54) is 37.4 Å². The van der Waals surface area contributed by atoms with E-state index in [9.17, 15) is 18.5 Å². The van der Waals surface area contributed by atoms with Crippen LogP contribution < -0.4 is 9.46 Å². The summed E-state index contributed by atoms with van der Waals surface area (Å²) in [5.74, 6) is 0.168. The van der Waals surface area contributed by atoms with Crippen LogP contribution in [0, 0.1) is 10.1 Å². The molecule has 0 aliphatic rings. The fraction of sp³-hybridized carbons (Fsp3) is 0.0769. The Morgan fingerprint density at radius 1 is 1.23 bits per heavy atom. The zero-order valence-electron chi connectivity index (χ0n) is 11.3. The van der Waals surface area contributed by atoms with Crippen molar-refractivity contribution in [2.24, 2.45) is 0 Å². The predicted octanol–water partition coefficient (Wildman–Crippen LogP) is 3.17. The summed E-state index contributed by atoms with van der Waals surface area (Å²) >= 11 is 3.20. The van der Waals surface area contributed by atoms with Crippen molar-refractivity contribution in [1.82, 2.24) is 0 Å². The molecule has 2 rings (SSSR count). The number of hydrogen-bond acceptors (Lipinski definition) is 5. The normalized spacial score (nSPS) is 11.0. The number of hydrogen-bond donors (Lipinski definition) is 1. The minimum atomic E-state index is -3.95. The highest BCUT2D eigenvalue weighted by Crippen LogP contribution is 2.29. The van der Waals surface area contributed by atoms with Crippen molar-refractivity contribution in [3.05, 3.63) is 57.1 Å². The van der Waals surface area contributed by atoms with Crippen LogP contribution in [0.15, 0.2) is 51.8 Å². The van der Waals surface area contributed by atoms with E-state index in [1.807, 2.05) is 0 Å². The van der Waals surface area contributed by atoms with Gasteiger partial charge in [-0.3, -0.25) is 14.8 Å². The SMILES string of the molecule is COc1ccc(Br)cc1S(=O)(=O)Nc1cccc([N+](=O)[O-])c1. The van der Waals surface area contributed by atoms with E-state index in [1.54, 1.807) is 6.07 Å². The first-order valence-electron chi connectivity index (χ1n) is 5.94. The lowest BCUT2D eigenvalue weighted by Gasteiger charge is -2.11. The summed E-state index contributed by atoms with van der Waals surface area (Å²) in [7, 11) is -2.59. The molecule has 0 aliphatic heterocycles. The van der Waals surface area contributed by atoms with Crippen molar-refractivity contribution in [2.75, 3.05) is 11.8 Å². The molecule has 1 N–H and O–H groups in total. The topological polar surface area (TPSA) is 98.5 Å². The quantitative estimate of drug-likeness (QED) is 0.628. The molecule has 0 fully saturated rings. The van der Waals surface area contributed by atoms with Crippen molar-refractivity contribution in [2.45, 2.75) is 4.90 Å². The van der Waals surface area contributed by atoms with E-state index >= 15 is 0 Å². The summed E-state index contributed by atoms with van der Waals surface area (Å²) in [5.41, 5.74) is -0.113. The largest absolute Gasteiger partial charge is 0.495 e. The lowest BCUT2D eigenvalue weighted by Crippen LogP contribution is -2.14. The van der Waals surface area contributed by atoms with Gasteiger partial charge in [0.05, 0.1) is 17.7 Å². The van der Waals surface area contributed by atoms with Crippen LogP contribution >= 0.6 is 15.9 Å². The fourth-order valence-corrected chi connectivity index (χ4v) is 3.51. The number of non-ortho nitro benzene ring substituents is 1. The molecule has 22 heavy (non-hydrogen) atoms. The van der Waals surface area contributed by atoms with Crippen LogP contribution in [0.5, 0.6) is 5.75 Å². The van der Waals surface area contributed by atoms with Gasteiger partial charge in [0.1, 0.15) is 10.6 Å². The Kier molecular flexibility index (Phi) is 4.67. The molecule has 0 saturated heterocycles. The Bertz CT molecular complexity index is 823. The molecule has 0 heterocycles. The molecule has 0 atom stereocenters. The number of nitro benzene ring substituents is 1. The zero-order chi connectivity index (χ0) is 16.3. The van der Waals surface area contributed by atoms with Gasteiger partial charge in [-0.1, -0.05) is 22.0 Å². The molecule has 2 aromatic carbocycles. The van der Waals surface area contributed by atoms with Crippen LogP contribution in [0.3, 0.4) is 0 Å². The summed E-state index contributed by atoms with van der Waals surface area (Å²) in [6.07, 6.45) is 0. The summed E-state index contributed by atoms with van der Waals surface area (Å²) in [5, 5.41) is 10.7. The smallest absolute Gasteiger partial charge is 0.271 e. The van der Waals surface area contributed by atoms with E-state index in [0.717, 1.165) is 6.07 Å². The highest BCUT2D eigenvalue weighted by Gasteiger charge is 2.21. The Balaban J connectivity index is 2.42. The number of ether oxygens (including phenoxy) is 1. The van der Waals surface area contributed by atoms with Gasteiger partial charge in [0, 0.05) is 16.6 Å². The van der Waals surface area contributed by atoms with Gasteiger partial charge < -0.3 is 4.74 Å². The molecular formula is C13H11BrN2O5S. The van der Waals surface area contributed by atoms with Crippen molar-refractivity contribution in [3.63, 3.8) is 0 Å². The first-order chi connectivity index (χ1) is 10.3. The molecule has 0 amide bonds. The molecule has 0 aliphatic carbocycles. The Morgan fingerprint density at radius 3 is 2.59 bits per heavy atom. The van der Waals surface area contributed by atoms with E-state index in [-0.39, 0.29) is 22.0 Å². The molecule has 116 valence electrons. The second-order valence-corrected chi connectivity index (χ2v) is 6.77. The highest BCUT2D eigenvalue weighted by molar-refractivity contribution is 9.10. The van der Waals surface area contributed by atoms with Gasteiger partial charge in [-0.15, -0.1) is 0 Å². The van der Waals surface area contributed by atoms with Crippen LogP contribution in [-0.4, -0.2) is 20.5 Å². The molecule has 0 bridgehead atoms. The van der Waals surface area contributed by atoms with Gasteiger partial charge in [0.15, 0.2) is 0 Å². The third-order valence-electron chi connectivity index (χ3n) is 2.72. The molecule has 0 radical (unpaired) electrons. The molecule has 0 aromatic heterocycles. The minimum Gasteiger partial charge on any atom is -0.495 e. The van der Waals surface area contributed by atoms with E-state index in [4.69, 9.17) is 4.74 Å². The van der Waals surface area contributed by atoms with Crippen LogP contribution in [0.4, 0.5) is 11.4 Å². The van der Waals surface area contributed by atoms with Crippen LogP contribution in [0.2, 0.25) is 0 Å². The standard InChI is InChI=1S/C13H11BrN2O5S/c1-21-12-6-5-9(14)7-13(12)22(19,20)15-10-3-2-4-11(8-10)16(17)18/h2-8,15H,1H3. The zero-order valence-corrected chi connectivity index (χ0v) is 13.7. The highest BCUT2D eigenvalue weighted by atomic mass is 79.9. The van der Waals surface area contributed by atoms with Gasteiger partial charge in [-0.05, 0) is 24.3 Å². The maximum atomic E-state index is 12.4. The summed E-state index contributed by atoms with van der Waals surface area (Å²) < 4.78 is 32.8. The number of nitrogens with one attached hydrogen (secondary N) is 1. The van der Waals surface area contributed by atoms with Gasteiger partial charge in [-0.2, -0.15) is 0 Å². The number of nitrogens with zero attached hydrogens (tertiary/aromatic N) is 1. The number of benzene rings is 2. The van der Waals surface area contributed by atoms with Gasteiger partial charge >= 0.3 is 0 Å². The molecule has 0 unspecified atom stereocenters. The first-order valence-corrected chi connectivity index (χ1v) is 8.22. The second kappa shape index (κ2) is 6.32. The average Bonchev–Trinajstić information content (AvgIpc) is 2.47. The minimum absolute atomic E-state index is 0.0733. The first kappa shape index (κ1) is 16.2. The van der Waals surface area contributed by atoms with Crippen molar-refractivity contribution in [1.29, 1.82) is 0 Å². The number of rotatable bonds is 5. The number of sulfonamides is 1. The maximum Gasteiger partial charge on any atom is 0.271 e. The van der Waals surface area contributed by atoms with Crippen molar-refractivity contribution >= 4 is 37.3 Å². The number of nitro groups is 1. The lowest BCUT2D eigenvalue weighted by atomic mass is 10.3. The van der Waals surface area contributed by atoms with E-state index < -0.39 is 14.9 Å². The average molecular weight is 387 g/mol. The predicted molar refractivity (Wildman–Crippen MR) is 84.6 cm³/mol. The summed E-state index contributed by atoms with van der Waals surface area (Å²) in [4.78, 5) is 10.1. The second-order valence-electron chi connectivity index (χ2n) is 4.21. The van der Waals surface area contributed by atoms with Gasteiger partial charge in [0.25, 0.3) is 15.7 Å². The van der Waals surface area contributed by atoms with Crippen LogP contribution in [0.1, 0.15) is 0 Å². The van der Waals surface area contributed by atoms with Crippen LogP contribution in [-0.2, 0) is 10.0 Å². The van der Waals surface area contributed by atoms with Gasteiger partial charge in [-0.25, -0.2) is 8.42 Å². The maximum absolute atomic E-state index is 12.4. The monoisotopic (exact) mass is 386 g/mol. The fourth-order valence-electron chi connectivity index (χ4n) is 1.75. The third kappa shape index (κ3) is 3.55. The Hall–Kier alpha value is -2.13. The third-order valence-corrected chi connectivity index (χ3v) is 4.62. The van der Waals surface area contributed by atoms with E-state index in [0.29, 0.717) is 4.47 Å².